The molecule has 11 heteroatoms. The van der Waals surface area contributed by atoms with Crippen LogP contribution in [0.25, 0.3) is 11.2 Å². The van der Waals surface area contributed by atoms with Gasteiger partial charge in [0, 0.05) is 25.3 Å². The SMILES string of the molecule is CC(c1nc2ccc(C(=O)O)nc2n1C[C@@H]1CCO1)N1CCC(c2cccc3c2OC(C)(c2ccc(Cl)cn2)O3)CC1. The number of rotatable bonds is 7. The zero-order valence-corrected chi connectivity index (χ0v) is 24.3. The first-order valence-electron chi connectivity index (χ1n) is 14.4. The van der Waals surface area contributed by atoms with Crippen molar-refractivity contribution in [3.63, 3.8) is 0 Å². The largest absolute Gasteiger partial charge is 0.477 e. The molecule has 218 valence electrons. The highest BCUT2D eigenvalue weighted by atomic mass is 35.5. The molecule has 42 heavy (non-hydrogen) atoms. The number of carboxylic acid groups (broad SMARTS) is 1. The Labute approximate surface area is 248 Å². The average Bonchev–Trinajstić information content (AvgIpc) is 3.52. The predicted molar refractivity (Wildman–Crippen MR) is 155 cm³/mol. The number of halogens is 1. The van der Waals surface area contributed by atoms with Crippen molar-refractivity contribution in [2.24, 2.45) is 0 Å². The Morgan fingerprint density at radius 3 is 2.62 bits per heavy atom. The van der Waals surface area contributed by atoms with Crippen molar-refractivity contribution in [1.29, 1.82) is 0 Å². The molecule has 0 radical (unpaired) electrons. The van der Waals surface area contributed by atoms with E-state index in [1.807, 2.05) is 25.1 Å². The van der Waals surface area contributed by atoms with Crippen molar-refractivity contribution in [3.8, 4) is 11.5 Å². The van der Waals surface area contributed by atoms with Crippen LogP contribution in [0, 0.1) is 0 Å². The van der Waals surface area contributed by atoms with Gasteiger partial charge in [-0.2, -0.15) is 0 Å². The molecule has 4 aromatic rings. The van der Waals surface area contributed by atoms with Crippen molar-refractivity contribution < 1.29 is 24.1 Å². The van der Waals surface area contributed by atoms with Gasteiger partial charge >= 0.3 is 5.97 Å². The summed E-state index contributed by atoms with van der Waals surface area (Å²) in [6, 6.07) is 13.0. The van der Waals surface area contributed by atoms with E-state index >= 15 is 0 Å². The average molecular weight is 590 g/mol. The molecular weight excluding hydrogens is 558 g/mol. The van der Waals surface area contributed by atoms with Gasteiger partial charge < -0.3 is 23.9 Å². The molecule has 0 aliphatic carbocycles. The van der Waals surface area contributed by atoms with Crippen LogP contribution in [0.1, 0.15) is 72.6 Å². The number of pyridine rings is 2. The molecule has 0 spiro atoms. The van der Waals surface area contributed by atoms with Crippen LogP contribution in [0.2, 0.25) is 5.02 Å². The van der Waals surface area contributed by atoms with Crippen LogP contribution in [-0.4, -0.2) is 61.3 Å². The molecule has 0 bridgehead atoms. The van der Waals surface area contributed by atoms with Gasteiger partial charge in [-0.05, 0) is 75.5 Å². The van der Waals surface area contributed by atoms with Gasteiger partial charge in [0.05, 0.1) is 23.7 Å². The summed E-state index contributed by atoms with van der Waals surface area (Å²) >= 11 is 6.05. The maximum absolute atomic E-state index is 11.6. The summed E-state index contributed by atoms with van der Waals surface area (Å²) in [5.74, 6) is 0.643. The van der Waals surface area contributed by atoms with Crippen LogP contribution >= 0.6 is 11.6 Å². The van der Waals surface area contributed by atoms with E-state index in [1.165, 1.54) is 6.07 Å². The Balaban J connectivity index is 1.10. The molecule has 3 aliphatic heterocycles. The maximum atomic E-state index is 11.6. The Bertz CT molecular complexity index is 1650. The van der Waals surface area contributed by atoms with Crippen LogP contribution in [0.4, 0.5) is 0 Å². The number of benzene rings is 1. The van der Waals surface area contributed by atoms with Crippen molar-refractivity contribution in [2.45, 2.75) is 63.5 Å². The molecule has 0 amide bonds. The fourth-order valence-electron chi connectivity index (χ4n) is 6.25. The zero-order chi connectivity index (χ0) is 29.0. The maximum Gasteiger partial charge on any atom is 0.354 e. The Morgan fingerprint density at radius 2 is 1.93 bits per heavy atom. The molecule has 7 rings (SSSR count). The third-order valence-corrected chi connectivity index (χ3v) is 8.94. The third-order valence-electron chi connectivity index (χ3n) is 8.71. The predicted octanol–water partition coefficient (Wildman–Crippen LogP) is 5.55. The minimum Gasteiger partial charge on any atom is -0.477 e. The number of carbonyl (C=O) groups is 1. The van der Waals surface area contributed by atoms with Crippen LogP contribution in [0.15, 0.2) is 48.7 Å². The summed E-state index contributed by atoms with van der Waals surface area (Å²) < 4.78 is 20.5. The number of imidazole rings is 1. The Kier molecular flexibility index (Phi) is 6.79. The van der Waals surface area contributed by atoms with E-state index in [0.717, 1.165) is 61.8 Å². The summed E-state index contributed by atoms with van der Waals surface area (Å²) in [5.41, 5.74) is 3.13. The number of fused-ring (bicyclic) bond motifs is 2. The molecule has 3 aromatic heterocycles. The third kappa shape index (κ3) is 4.77. The number of nitrogens with zero attached hydrogens (tertiary/aromatic N) is 5. The number of aromatic carboxylic acids is 1. The van der Waals surface area contributed by atoms with E-state index in [4.69, 9.17) is 30.8 Å². The van der Waals surface area contributed by atoms with Crippen LogP contribution in [0.3, 0.4) is 0 Å². The second-order valence-electron chi connectivity index (χ2n) is 11.4. The molecule has 6 heterocycles. The smallest absolute Gasteiger partial charge is 0.354 e. The second-order valence-corrected chi connectivity index (χ2v) is 11.8. The lowest BCUT2D eigenvalue weighted by Crippen LogP contribution is -2.37. The lowest BCUT2D eigenvalue weighted by atomic mass is 9.88. The van der Waals surface area contributed by atoms with Gasteiger partial charge in [0.1, 0.15) is 17.0 Å². The van der Waals surface area contributed by atoms with E-state index in [-0.39, 0.29) is 17.8 Å². The summed E-state index contributed by atoms with van der Waals surface area (Å²) in [4.78, 5) is 27.9. The summed E-state index contributed by atoms with van der Waals surface area (Å²) in [6.07, 6.45) is 4.56. The van der Waals surface area contributed by atoms with Gasteiger partial charge in [-0.3, -0.25) is 9.88 Å². The number of likely N-dealkylation sites (tertiary alicyclic amines) is 1. The number of hydrogen-bond donors (Lipinski definition) is 1. The number of piperidine rings is 1. The van der Waals surface area contributed by atoms with Gasteiger partial charge in [0.15, 0.2) is 22.8 Å². The van der Waals surface area contributed by atoms with Crippen LogP contribution < -0.4 is 9.47 Å². The van der Waals surface area contributed by atoms with Crippen molar-refractivity contribution >= 4 is 28.7 Å². The number of carboxylic acids is 1. The summed E-state index contributed by atoms with van der Waals surface area (Å²) in [7, 11) is 0. The standard InChI is InChI=1S/C31H32ClN5O5/c1-18(28-34-23-7-8-24(30(38)39)35-29(23)37(28)17-21-12-15-40-21)36-13-10-19(11-14-36)22-4-3-5-25-27(22)42-31(2,41-25)26-9-6-20(32)16-33-26/h3-9,16,18-19,21H,10-15,17H2,1-2H3,(H,38,39)/t18?,21-,31?/m0/s1. The minimum atomic E-state index is -1.05. The molecule has 2 unspecified atom stereocenters. The number of aromatic nitrogens is 4. The Hall–Kier alpha value is -3.73. The summed E-state index contributed by atoms with van der Waals surface area (Å²) in [5, 5.41) is 10.1. The number of para-hydroxylation sites is 1. The topological polar surface area (TPSA) is 112 Å². The van der Waals surface area contributed by atoms with E-state index in [2.05, 4.69) is 32.4 Å². The monoisotopic (exact) mass is 589 g/mol. The first-order valence-corrected chi connectivity index (χ1v) is 14.8. The van der Waals surface area contributed by atoms with Crippen LogP contribution in [0.5, 0.6) is 11.5 Å². The molecule has 2 fully saturated rings. The van der Waals surface area contributed by atoms with E-state index < -0.39 is 11.8 Å². The lowest BCUT2D eigenvalue weighted by molar-refractivity contribution is -0.0722. The highest BCUT2D eigenvalue weighted by Crippen LogP contribution is 2.49. The second kappa shape index (κ2) is 10.5. The fraction of sp³-hybridized carbons (Fsp3) is 0.419. The number of ether oxygens (including phenoxy) is 3. The van der Waals surface area contributed by atoms with Crippen LogP contribution in [-0.2, 0) is 17.1 Å². The molecular formula is C31H32ClN5O5. The molecule has 0 saturated carbocycles. The Morgan fingerprint density at radius 1 is 1.12 bits per heavy atom. The minimum absolute atomic E-state index is 0.0164. The fourth-order valence-corrected chi connectivity index (χ4v) is 6.36. The first-order chi connectivity index (χ1) is 20.3. The van der Waals surface area contributed by atoms with Crippen molar-refractivity contribution in [2.75, 3.05) is 19.7 Å². The van der Waals surface area contributed by atoms with Gasteiger partial charge in [0.25, 0.3) is 5.79 Å². The van der Waals surface area contributed by atoms with Gasteiger partial charge in [0.2, 0.25) is 0 Å². The molecule has 3 aliphatic rings. The lowest BCUT2D eigenvalue weighted by Gasteiger charge is -2.36. The highest BCUT2D eigenvalue weighted by molar-refractivity contribution is 6.30. The van der Waals surface area contributed by atoms with E-state index in [9.17, 15) is 9.90 Å². The molecule has 10 nitrogen and oxygen atoms in total. The molecule has 3 atom stereocenters. The van der Waals surface area contributed by atoms with E-state index in [1.54, 1.807) is 18.3 Å². The normalized spacial score (nSPS) is 23.2. The molecule has 2 saturated heterocycles. The first kappa shape index (κ1) is 27.1. The van der Waals surface area contributed by atoms with Gasteiger partial charge in [-0.1, -0.05) is 23.7 Å². The summed E-state index contributed by atoms with van der Waals surface area (Å²) in [6.45, 7) is 7.16. The quantitative estimate of drug-likeness (QED) is 0.296. The molecule has 1 aromatic carbocycles. The van der Waals surface area contributed by atoms with Gasteiger partial charge in [-0.15, -0.1) is 0 Å². The zero-order valence-electron chi connectivity index (χ0n) is 23.5. The highest BCUT2D eigenvalue weighted by Gasteiger charge is 2.42. The van der Waals surface area contributed by atoms with E-state index in [0.29, 0.717) is 34.3 Å². The number of hydrogen-bond acceptors (Lipinski definition) is 8. The van der Waals surface area contributed by atoms with Crippen molar-refractivity contribution in [3.05, 3.63) is 76.5 Å². The van der Waals surface area contributed by atoms with Crippen molar-refractivity contribution in [1.82, 2.24) is 24.4 Å². The van der Waals surface area contributed by atoms with Gasteiger partial charge in [-0.25, -0.2) is 14.8 Å². The molecule has 1 N–H and O–H groups in total.